The lowest BCUT2D eigenvalue weighted by Crippen LogP contribution is -2.29. The third-order valence-electron chi connectivity index (χ3n) is 3.45. The first kappa shape index (κ1) is 7.56. The van der Waals surface area contributed by atoms with Gasteiger partial charge in [-0.1, -0.05) is 0 Å². The van der Waals surface area contributed by atoms with Crippen LogP contribution in [0.3, 0.4) is 0 Å². The van der Waals surface area contributed by atoms with E-state index in [2.05, 4.69) is 0 Å². The molecule has 2 heterocycles. The van der Waals surface area contributed by atoms with Gasteiger partial charge in [0.15, 0.2) is 5.78 Å². The normalized spacial score (nSPS) is 46.5. The van der Waals surface area contributed by atoms with E-state index >= 15 is 0 Å². The van der Waals surface area contributed by atoms with Crippen molar-refractivity contribution in [2.24, 2.45) is 11.8 Å². The third kappa shape index (κ3) is 0.804. The number of hydrogen-bond acceptors (Lipinski definition) is 3. The van der Waals surface area contributed by atoms with Crippen LogP contribution in [0.2, 0.25) is 0 Å². The monoisotopic (exact) mass is 180 g/mol. The third-order valence-corrected chi connectivity index (χ3v) is 3.45. The standard InChI is InChI=1S/C10H12O3/c1-12-8-4-5(11)9-6-2-3-7(13-6)10(8)9/h4,6-7,9-10H,2-3H2,1H3/t6-,7+,9+,10+/m0/s1. The number of ketones is 1. The summed E-state index contributed by atoms with van der Waals surface area (Å²) in [5, 5.41) is 0. The van der Waals surface area contributed by atoms with E-state index in [-0.39, 0.29) is 29.8 Å². The summed E-state index contributed by atoms with van der Waals surface area (Å²) >= 11 is 0. The number of methoxy groups -OCH3 is 1. The summed E-state index contributed by atoms with van der Waals surface area (Å²) < 4.78 is 10.9. The predicted octanol–water partition coefficient (Wildman–Crippen LogP) is 0.893. The molecule has 0 spiro atoms. The van der Waals surface area contributed by atoms with E-state index in [1.165, 1.54) is 0 Å². The molecule has 0 aromatic rings. The van der Waals surface area contributed by atoms with E-state index in [9.17, 15) is 4.79 Å². The molecule has 2 saturated heterocycles. The lowest BCUT2D eigenvalue weighted by Gasteiger charge is -2.21. The van der Waals surface area contributed by atoms with Gasteiger partial charge in [0.1, 0.15) is 5.76 Å². The van der Waals surface area contributed by atoms with Gasteiger partial charge in [-0.25, -0.2) is 0 Å². The molecule has 0 aromatic carbocycles. The fourth-order valence-corrected chi connectivity index (χ4v) is 2.93. The van der Waals surface area contributed by atoms with Crippen LogP contribution in [0.5, 0.6) is 0 Å². The summed E-state index contributed by atoms with van der Waals surface area (Å²) in [6.45, 7) is 0. The van der Waals surface area contributed by atoms with Gasteiger partial charge in [-0.3, -0.25) is 4.79 Å². The lowest BCUT2D eigenvalue weighted by molar-refractivity contribution is -0.119. The highest BCUT2D eigenvalue weighted by Crippen LogP contribution is 2.50. The molecule has 13 heavy (non-hydrogen) atoms. The maximum Gasteiger partial charge on any atom is 0.165 e. The highest BCUT2D eigenvalue weighted by atomic mass is 16.5. The van der Waals surface area contributed by atoms with E-state index in [1.807, 2.05) is 0 Å². The van der Waals surface area contributed by atoms with Gasteiger partial charge in [0.25, 0.3) is 0 Å². The van der Waals surface area contributed by atoms with E-state index in [0.717, 1.165) is 18.6 Å². The fraction of sp³-hybridized carbons (Fsp3) is 0.700. The van der Waals surface area contributed by atoms with Crippen LogP contribution in [0.15, 0.2) is 11.8 Å². The Morgan fingerprint density at radius 1 is 1.38 bits per heavy atom. The van der Waals surface area contributed by atoms with Crippen molar-refractivity contribution < 1.29 is 14.3 Å². The number of allylic oxidation sites excluding steroid dienone is 1. The molecular weight excluding hydrogens is 168 g/mol. The molecule has 2 aliphatic heterocycles. The minimum Gasteiger partial charge on any atom is -0.501 e. The molecule has 3 heteroatoms. The van der Waals surface area contributed by atoms with Crippen LogP contribution in [-0.2, 0) is 14.3 Å². The Labute approximate surface area is 76.7 Å². The van der Waals surface area contributed by atoms with Crippen molar-refractivity contribution in [1.29, 1.82) is 0 Å². The van der Waals surface area contributed by atoms with E-state index in [0.29, 0.717) is 0 Å². The second-order valence-corrected chi connectivity index (χ2v) is 4.00. The van der Waals surface area contributed by atoms with Crippen LogP contribution >= 0.6 is 0 Å². The zero-order chi connectivity index (χ0) is 9.00. The Kier molecular flexibility index (Phi) is 1.37. The van der Waals surface area contributed by atoms with E-state index < -0.39 is 0 Å². The number of rotatable bonds is 1. The quantitative estimate of drug-likeness (QED) is 0.601. The summed E-state index contributed by atoms with van der Waals surface area (Å²) in [5.74, 6) is 1.35. The Morgan fingerprint density at radius 3 is 2.77 bits per heavy atom. The smallest absolute Gasteiger partial charge is 0.165 e. The molecule has 2 bridgehead atoms. The topological polar surface area (TPSA) is 35.5 Å². The highest BCUT2D eigenvalue weighted by Gasteiger charge is 2.56. The van der Waals surface area contributed by atoms with Crippen LogP contribution < -0.4 is 0 Å². The number of carbonyl (C=O) groups excluding carboxylic acids is 1. The summed E-state index contributed by atoms with van der Waals surface area (Å²) in [5.41, 5.74) is 0. The van der Waals surface area contributed by atoms with Crippen LogP contribution in [0.4, 0.5) is 0 Å². The first-order valence-electron chi connectivity index (χ1n) is 4.76. The second kappa shape index (κ2) is 2.35. The summed E-state index contributed by atoms with van der Waals surface area (Å²) in [6.07, 6.45) is 4.20. The summed E-state index contributed by atoms with van der Waals surface area (Å²) in [6, 6.07) is 0. The van der Waals surface area contributed by atoms with Gasteiger partial charge in [-0.2, -0.15) is 0 Å². The van der Waals surface area contributed by atoms with Crippen LogP contribution in [0, 0.1) is 11.8 Å². The van der Waals surface area contributed by atoms with Gasteiger partial charge in [-0.15, -0.1) is 0 Å². The molecule has 3 nitrogen and oxygen atoms in total. The van der Waals surface area contributed by atoms with Gasteiger partial charge < -0.3 is 9.47 Å². The molecule has 0 N–H and O–H groups in total. The molecule has 0 radical (unpaired) electrons. The van der Waals surface area contributed by atoms with Gasteiger partial charge in [-0.05, 0) is 12.8 Å². The molecule has 3 aliphatic rings. The molecule has 0 unspecified atom stereocenters. The molecule has 0 amide bonds. The largest absolute Gasteiger partial charge is 0.501 e. The van der Waals surface area contributed by atoms with Gasteiger partial charge >= 0.3 is 0 Å². The SMILES string of the molecule is COC1=CC(=O)[C@H]2[C@@H]1[C@H]1CC[C@@H]2O1. The highest BCUT2D eigenvalue weighted by molar-refractivity contribution is 5.96. The fourth-order valence-electron chi connectivity index (χ4n) is 2.93. The van der Waals surface area contributed by atoms with Gasteiger partial charge in [0.05, 0.1) is 31.2 Å². The van der Waals surface area contributed by atoms with Gasteiger partial charge in [0.2, 0.25) is 0 Å². The molecule has 0 aromatic heterocycles. The Balaban J connectivity index is 1.98. The summed E-state index contributed by atoms with van der Waals surface area (Å²) in [4.78, 5) is 11.6. The maximum atomic E-state index is 11.6. The molecule has 0 saturated carbocycles. The molecule has 70 valence electrons. The van der Waals surface area contributed by atoms with Crippen molar-refractivity contribution in [2.75, 3.05) is 7.11 Å². The van der Waals surface area contributed by atoms with E-state index in [1.54, 1.807) is 13.2 Å². The minimum absolute atomic E-state index is 0.0775. The second-order valence-electron chi connectivity index (χ2n) is 4.00. The van der Waals surface area contributed by atoms with Crippen molar-refractivity contribution >= 4 is 5.78 Å². The minimum atomic E-state index is 0.0775. The van der Waals surface area contributed by atoms with Crippen LogP contribution in [0.25, 0.3) is 0 Å². The number of fused-ring (bicyclic) bond motifs is 5. The first-order chi connectivity index (χ1) is 6.31. The zero-order valence-corrected chi connectivity index (χ0v) is 7.53. The predicted molar refractivity (Wildman–Crippen MR) is 45.0 cm³/mol. The Hall–Kier alpha value is -0.830. The molecule has 1 aliphatic carbocycles. The average molecular weight is 180 g/mol. The van der Waals surface area contributed by atoms with Crippen LogP contribution in [0.1, 0.15) is 12.8 Å². The Bertz CT molecular complexity index is 295. The first-order valence-corrected chi connectivity index (χ1v) is 4.76. The molecule has 2 fully saturated rings. The maximum absolute atomic E-state index is 11.6. The van der Waals surface area contributed by atoms with Crippen molar-refractivity contribution in [3.05, 3.63) is 11.8 Å². The average Bonchev–Trinajstić information content (AvgIpc) is 2.76. The van der Waals surface area contributed by atoms with Crippen molar-refractivity contribution in [2.45, 2.75) is 25.0 Å². The number of hydrogen-bond donors (Lipinski definition) is 0. The zero-order valence-electron chi connectivity index (χ0n) is 7.53. The van der Waals surface area contributed by atoms with Crippen molar-refractivity contribution in [3.63, 3.8) is 0 Å². The Morgan fingerprint density at radius 2 is 2.08 bits per heavy atom. The lowest BCUT2D eigenvalue weighted by atomic mass is 9.80. The molecule has 3 rings (SSSR count). The number of ether oxygens (including phenoxy) is 2. The van der Waals surface area contributed by atoms with Gasteiger partial charge in [0, 0.05) is 6.08 Å². The van der Waals surface area contributed by atoms with Crippen molar-refractivity contribution in [1.82, 2.24) is 0 Å². The van der Waals surface area contributed by atoms with Crippen molar-refractivity contribution in [3.8, 4) is 0 Å². The summed E-state index contributed by atoms with van der Waals surface area (Å²) in [7, 11) is 1.63. The molecule has 4 atom stereocenters. The van der Waals surface area contributed by atoms with Crippen LogP contribution in [-0.4, -0.2) is 25.1 Å². The molecular formula is C10H12O3. The number of carbonyl (C=O) groups is 1. The van der Waals surface area contributed by atoms with E-state index in [4.69, 9.17) is 9.47 Å².